The Bertz CT molecular complexity index is 518. The first-order chi connectivity index (χ1) is 7.02. The van der Waals surface area contributed by atoms with Crippen molar-refractivity contribution in [3.63, 3.8) is 0 Å². The number of hydrogen-bond donors (Lipinski definition) is 0. The van der Waals surface area contributed by atoms with Crippen LogP contribution in [0.1, 0.15) is 15.9 Å². The second-order valence-electron chi connectivity index (χ2n) is 2.97. The van der Waals surface area contributed by atoms with E-state index in [2.05, 4.69) is 47.8 Å². The van der Waals surface area contributed by atoms with Crippen LogP contribution in [0.5, 0.6) is 0 Å². The number of allylic oxidation sites excluding steroid dienone is 1. The van der Waals surface area contributed by atoms with Gasteiger partial charge in [-0.1, -0.05) is 0 Å². The molecular weight excluding hydrogens is 392 g/mol. The third kappa shape index (κ3) is 1.77. The zero-order chi connectivity index (χ0) is 11.2. The second-order valence-corrected chi connectivity index (χ2v) is 5.47. The van der Waals surface area contributed by atoms with Gasteiger partial charge >= 0.3 is 0 Å². The molecule has 1 aromatic rings. The lowest BCUT2D eigenvalue weighted by atomic mass is 9.95. The topological polar surface area (TPSA) is 34.1 Å². The van der Waals surface area contributed by atoms with Gasteiger partial charge in [0.1, 0.15) is 0 Å². The van der Waals surface area contributed by atoms with Gasteiger partial charge in [0.25, 0.3) is 0 Å². The molecule has 0 saturated heterocycles. The minimum Gasteiger partial charge on any atom is -0.285 e. The predicted octanol–water partition coefficient (Wildman–Crippen LogP) is 3.71. The highest BCUT2D eigenvalue weighted by Crippen LogP contribution is 2.35. The van der Waals surface area contributed by atoms with E-state index in [4.69, 9.17) is 0 Å². The van der Waals surface area contributed by atoms with Crippen LogP contribution >= 0.6 is 47.8 Å². The van der Waals surface area contributed by atoms with Gasteiger partial charge in [-0.15, -0.1) is 0 Å². The fourth-order valence-electron chi connectivity index (χ4n) is 1.33. The van der Waals surface area contributed by atoms with Crippen molar-refractivity contribution in [1.29, 1.82) is 0 Å². The summed E-state index contributed by atoms with van der Waals surface area (Å²) in [7, 11) is 0. The summed E-state index contributed by atoms with van der Waals surface area (Å²) in [4.78, 5) is 23.0. The summed E-state index contributed by atoms with van der Waals surface area (Å²) in [6.45, 7) is 0. The number of rotatable bonds is 0. The van der Waals surface area contributed by atoms with E-state index in [-0.39, 0.29) is 0 Å². The van der Waals surface area contributed by atoms with E-state index in [1.165, 1.54) is 0 Å². The van der Waals surface area contributed by atoms with Crippen molar-refractivity contribution in [1.82, 2.24) is 0 Å². The van der Waals surface area contributed by atoms with Crippen molar-refractivity contribution >= 4 is 65.4 Å². The molecule has 0 fully saturated rings. The lowest BCUT2D eigenvalue weighted by molar-refractivity contribution is -0.111. The van der Waals surface area contributed by atoms with Gasteiger partial charge in [-0.25, -0.2) is 0 Å². The molecule has 15 heavy (non-hydrogen) atoms. The molecule has 0 amide bonds. The molecule has 0 heterocycles. The predicted molar refractivity (Wildman–Crippen MR) is 68.1 cm³/mol. The van der Waals surface area contributed by atoms with Gasteiger partial charge in [0.15, 0.2) is 0 Å². The van der Waals surface area contributed by atoms with Crippen molar-refractivity contribution in [3.05, 3.63) is 36.7 Å². The van der Waals surface area contributed by atoms with Crippen LogP contribution < -0.4 is 0 Å². The van der Waals surface area contributed by atoms with Crippen LogP contribution in [-0.2, 0) is 4.79 Å². The molecule has 0 N–H and O–H groups in total. The molecule has 0 aromatic heterocycles. The maximum atomic E-state index is 11.6. The molecular formula is C10H3Br3O2. The van der Waals surface area contributed by atoms with Crippen molar-refractivity contribution in [2.75, 3.05) is 0 Å². The molecule has 0 saturated carbocycles. The molecule has 0 aliphatic heterocycles. The molecule has 1 aromatic carbocycles. The largest absolute Gasteiger partial charge is 0.285 e. The van der Waals surface area contributed by atoms with E-state index in [0.717, 1.165) is 14.5 Å². The molecule has 0 bridgehead atoms. The summed E-state index contributed by atoms with van der Waals surface area (Å²) < 4.78 is 1.91. The first-order valence-electron chi connectivity index (χ1n) is 3.96. The second kappa shape index (κ2) is 3.96. The Kier molecular flexibility index (Phi) is 2.96. The highest BCUT2D eigenvalue weighted by Gasteiger charge is 2.27. The Labute approximate surface area is 111 Å². The number of benzene rings is 1. The number of fused-ring (bicyclic) bond motifs is 1. The van der Waals surface area contributed by atoms with E-state index in [1.807, 2.05) is 0 Å². The third-order valence-electron chi connectivity index (χ3n) is 2.07. The average Bonchev–Trinajstić information content (AvgIpc) is 2.21. The Morgan fingerprint density at radius 1 is 0.933 bits per heavy atom. The minimum atomic E-state index is -0.503. The molecule has 0 atom stereocenters. The van der Waals surface area contributed by atoms with Crippen LogP contribution in [0.3, 0.4) is 0 Å². The van der Waals surface area contributed by atoms with Crippen LogP contribution in [-0.4, -0.2) is 11.6 Å². The van der Waals surface area contributed by atoms with Gasteiger partial charge in [-0.2, -0.15) is 0 Å². The molecule has 0 radical (unpaired) electrons. The summed E-state index contributed by atoms with van der Waals surface area (Å²) >= 11 is 9.78. The van der Waals surface area contributed by atoms with Crippen LogP contribution in [0.25, 0.3) is 6.08 Å². The van der Waals surface area contributed by atoms with E-state index in [9.17, 15) is 9.59 Å². The van der Waals surface area contributed by atoms with E-state index in [1.54, 1.807) is 18.2 Å². The number of carbonyl (C=O) groups excluding carboxylic acids is 2. The smallest absolute Gasteiger partial charge is 0.240 e. The van der Waals surface area contributed by atoms with Gasteiger partial charge in [0, 0.05) is 20.1 Å². The average molecular weight is 395 g/mol. The number of Topliss-reactive ketones (excluding diaryl/α,β-unsaturated/α-hetero) is 2. The van der Waals surface area contributed by atoms with Crippen LogP contribution in [0, 0.1) is 0 Å². The Balaban J connectivity index is 2.78. The molecule has 0 spiro atoms. The van der Waals surface area contributed by atoms with E-state index < -0.39 is 11.6 Å². The molecule has 0 unspecified atom stereocenters. The third-order valence-corrected chi connectivity index (χ3v) is 4.71. The summed E-state index contributed by atoms with van der Waals surface area (Å²) in [6.07, 6.45) is 1.65. The quantitative estimate of drug-likeness (QED) is 0.629. The number of hydrogen-bond acceptors (Lipinski definition) is 2. The van der Waals surface area contributed by atoms with Gasteiger partial charge in [-0.05, 0) is 66.0 Å². The first-order valence-corrected chi connectivity index (χ1v) is 6.34. The number of halogens is 3. The summed E-state index contributed by atoms with van der Waals surface area (Å²) in [6, 6.07) is 3.38. The maximum absolute atomic E-state index is 11.6. The van der Waals surface area contributed by atoms with Crippen molar-refractivity contribution in [3.8, 4) is 0 Å². The standard InChI is InChI=1S/C10H3Br3O2/c11-6-2-1-4-5(8(6)13)3-7(12)10(15)9(4)14/h1-3H. The lowest BCUT2D eigenvalue weighted by Gasteiger charge is -2.13. The molecule has 2 nitrogen and oxygen atoms in total. The highest BCUT2D eigenvalue weighted by atomic mass is 79.9. The van der Waals surface area contributed by atoms with E-state index in [0.29, 0.717) is 10.0 Å². The molecule has 1 aliphatic rings. The Morgan fingerprint density at radius 2 is 1.60 bits per heavy atom. The molecule has 5 heteroatoms. The van der Waals surface area contributed by atoms with Crippen LogP contribution in [0.2, 0.25) is 0 Å². The fraction of sp³-hybridized carbons (Fsp3) is 0. The Morgan fingerprint density at radius 3 is 2.27 bits per heavy atom. The zero-order valence-corrected chi connectivity index (χ0v) is 11.9. The van der Waals surface area contributed by atoms with Crippen molar-refractivity contribution in [2.45, 2.75) is 0 Å². The van der Waals surface area contributed by atoms with Crippen LogP contribution in [0.15, 0.2) is 25.6 Å². The van der Waals surface area contributed by atoms with Crippen molar-refractivity contribution in [2.24, 2.45) is 0 Å². The maximum Gasteiger partial charge on any atom is 0.240 e. The fourth-order valence-corrected chi connectivity index (χ4v) is 2.54. The Hall–Kier alpha value is -0.260. The van der Waals surface area contributed by atoms with E-state index >= 15 is 0 Å². The highest BCUT2D eigenvalue weighted by molar-refractivity contribution is 9.13. The summed E-state index contributed by atoms with van der Waals surface area (Å²) in [5.41, 5.74) is 1.15. The molecule has 1 aliphatic carbocycles. The zero-order valence-electron chi connectivity index (χ0n) is 7.18. The van der Waals surface area contributed by atoms with Gasteiger partial charge in [0.05, 0.1) is 4.48 Å². The molecule has 76 valence electrons. The summed E-state index contributed by atoms with van der Waals surface area (Å²) in [5, 5.41) is 0. The lowest BCUT2D eigenvalue weighted by Crippen LogP contribution is -2.19. The SMILES string of the molecule is O=C1C(=O)c2ccc(Br)c(Br)c2C=C1Br. The number of carbonyl (C=O) groups is 2. The van der Waals surface area contributed by atoms with Crippen LogP contribution in [0.4, 0.5) is 0 Å². The van der Waals surface area contributed by atoms with Gasteiger partial charge in [0.2, 0.25) is 11.6 Å². The van der Waals surface area contributed by atoms with Gasteiger partial charge in [-0.3, -0.25) is 9.59 Å². The monoisotopic (exact) mass is 392 g/mol. The van der Waals surface area contributed by atoms with Gasteiger partial charge < -0.3 is 0 Å². The number of ketones is 2. The first kappa shape index (κ1) is 11.2. The normalized spacial score (nSPS) is 15.0. The minimum absolute atomic E-state index is 0.291. The van der Waals surface area contributed by atoms with Crippen molar-refractivity contribution < 1.29 is 9.59 Å². The summed E-state index contributed by atoms with van der Waals surface area (Å²) in [5.74, 6) is -0.982. The molecule has 2 rings (SSSR count).